The van der Waals surface area contributed by atoms with Crippen molar-refractivity contribution in [2.75, 3.05) is 4.72 Å². The number of hydrogen-bond donors (Lipinski definition) is 2. The van der Waals surface area contributed by atoms with E-state index in [9.17, 15) is 39.6 Å². The molecule has 4 aliphatic carbocycles. The van der Waals surface area contributed by atoms with Gasteiger partial charge in [0.05, 0.1) is 43.7 Å². The minimum Gasteiger partial charge on any atom is -0.368 e. The number of rotatable bonds is 14. The molecular weight excluding hydrogens is 888 g/mol. The molecule has 1 amide bonds. The standard InChI is InChI=1S/C41H33ClF8N8O4S/c42-26-7-8-28(34-31(26)38(54-56(34)15-29(45)46)55-63(61,62)21-4-5-21)57-39(52-27-12-18(17-1-2-17)3-6-22(27)40(57)60)24(11-16-9-19(43)13-20(44)10-16)33(37(51)59)58-35-30(32(53-58)36(47)48)23-14-25(23)41(35,49)50/h3,6-10,12-13,17,21,23-25,29,33,36H,1-2,4-5,11,14-15H2,(H2,51,59)(H,54,55)/t23-,24-,25+,33?/m0/s1. The molecule has 3 aromatic heterocycles. The molecule has 4 aliphatic rings. The maximum Gasteiger partial charge on any atom is 0.293 e. The third-order valence-corrected chi connectivity index (χ3v) is 14.5. The molecule has 0 bridgehead atoms. The zero-order chi connectivity index (χ0) is 44.6. The predicted octanol–water partition coefficient (Wildman–Crippen LogP) is 8.11. The fraction of sp³-hybridized carbons (Fsp3) is 0.390. The van der Waals surface area contributed by atoms with Crippen LogP contribution in [0.1, 0.15) is 96.2 Å². The number of halogens is 9. The van der Waals surface area contributed by atoms with E-state index in [1.165, 1.54) is 18.2 Å². The van der Waals surface area contributed by atoms with Crippen LogP contribution in [0.5, 0.6) is 0 Å². The quantitative estimate of drug-likeness (QED) is 0.104. The van der Waals surface area contributed by atoms with E-state index in [0.29, 0.717) is 28.3 Å². The molecule has 4 atom stereocenters. The van der Waals surface area contributed by atoms with Crippen LogP contribution in [0.2, 0.25) is 5.02 Å². The fourth-order valence-electron chi connectivity index (χ4n) is 9.18. The summed E-state index contributed by atoms with van der Waals surface area (Å²) in [5, 5.41) is 6.74. The van der Waals surface area contributed by atoms with E-state index in [-0.39, 0.29) is 50.4 Å². The van der Waals surface area contributed by atoms with Crippen LogP contribution >= 0.6 is 11.6 Å². The predicted molar refractivity (Wildman–Crippen MR) is 212 cm³/mol. The van der Waals surface area contributed by atoms with Crippen LogP contribution in [0, 0.1) is 17.6 Å². The zero-order valence-electron chi connectivity index (χ0n) is 32.4. The number of nitrogens with two attached hydrogens (primary N) is 1. The second kappa shape index (κ2) is 14.5. The van der Waals surface area contributed by atoms with E-state index in [0.717, 1.165) is 35.1 Å². The van der Waals surface area contributed by atoms with Crippen molar-refractivity contribution >= 4 is 55.2 Å². The molecule has 0 aliphatic heterocycles. The molecule has 3 saturated carbocycles. The number of nitrogens with one attached hydrogen (secondary N) is 1. The number of aromatic nitrogens is 6. The zero-order valence-corrected chi connectivity index (χ0v) is 34.0. The van der Waals surface area contributed by atoms with E-state index in [1.807, 2.05) is 0 Å². The monoisotopic (exact) mass is 920 g/mol. The molecule has 3 aromatic carbocycles. The van der Waals surface area contributed by atoms with E-state index in [4.69, 9.17) is 22.3 Å². The lowest BCUT2D eigenvalue weighted by Crippen LogP contribution is -2.39. The van der Waals surface area contributed by atoms with Gasteiger partial charge in [-0.05, 0) is 97.9 Å². The van der Waals surface area contributed by atoms with E-state index in [2.05, 4.69) is 14.9 Å². The highest BCUT2D eigenvalue weighted by Gasteiger charge is 2.68. The van der Waals surface area contributed by atoms with Crippen molar-refractivity contribution in [2.24, 2.45) is 11.7 Å². The molecule has 0 saturated heterocycles. The number of carbonyl (C=O) groups excluding carboxylic acids is 1. The van der Waals surface area contributed by atoms with Gasteiger partial charge < -0.3 is 5.73 Å². The SMILES string of the molecule is NC(=O)C([C@H](Cc1cc(F)cc(F)c1)c1nc2cc(C3CC3)ccc2c(=O)n1-c1ccc(Cl)c2c(NS(=O)(=O)C3CC3)nn(CC(F)F)c12)n1nc(C(F)F)c2c1C(F)(F)[C@@H]1C[C@H]21. The fourth-order valence-corrected chi connectivity index (χ4v) is 10.8. The first-order valence-electron chi connectivity index (χ1n) is 19.9. The molecule has 3 heterocycles. The number of fused-ring (bicyclic) bond motifs is 5. The van der Waals surface area contributed by atoms with E-state index < -0.39 is 123 Å². The summed E-state index contributed by atoms with van der Waals surface area (Å²) in [4.78, 5) is 34.0. The Morgan fingerprint density at radius 3 is 2.33 bits per heavy atom. The normalized spacial score (nSPS) is 20.1. The van der Waals surface area contributed by atoms with Crippen molar-refractivity contribution in [1.29, 1.82) is 0 Å². The van der Waals surface area contributed by atoms with E-state index >= 15 is 13.6 Å². The van der Waals surface area contributed by atoms with Crippen molar-refractivity contribution in [3.05, 3.63) is 109 Å². The van der Waals surface area contributed by atoms with Gasteiger partial charge >= 0.3 is 0 Å². The minimum atomic E-state index is -4.11. The van der Waals surface area contributed by atoms with Crippen LogP contribution < -0.4 is 16.0 Å². The summed E-state index contributed by atoms with van der Waals surface area (Å²) in [6.07, 6.45) is -5.11. The number of amides is 1. The summed E-state index contributed by atoms with van der Waals surface area (Å²) in [5.74, 6) is -12.6. The van der Waals surface area contributed by atoms with Crippen molar-refractivity contribution < 1.29 is 48.3 Å². The average molecular weight is 921 g/mol. The number of hydrogen-bond acceptors (Lipinski definition) is 7. The van der Waals surface area contributed by atoms with Crippen LogP contribution in [-0.2, 0) is 33.7 Å². The molecule has 6 aromatic rings. The first-order valence-corrected chi connectivity index (χ1v) is 21.8. The largest absolute Gasteiger partial charge is 0.368 e. The molecule has 1 unspecified atom stereocenters. The van der Waals surface area contributed by atoms with Gasteiger partial charge in [-0.1, -0.05) is 17.7 Å². The molecule has 22 heteroatoms. The van der Waals surface area contributed by atoms with Crippen molar-refractivity contribution in [3.8, 4) is 5.69 Å². The van der Waals surface area contributed by atoms with Gasteiger partial charge in [-0.15, -0.1) is 0 Å². The Morgan fingerprint density at radius 1 is 0.984 bits per heavy atom. The Morgan fingerprint density at radius 2 is 1.70 bits per heavy atom. The molecule has 0 spiro atoms. The van der Waals surface area contributed by atoms with Crippen LogP contribution in [0.25, 0.3) is 27.5 Å². The highest BCUT2D eigenvalue weighted by Crippen LogP contribution is 2.68. The van der Waals surface area contributed by atoms with Gasteiger partial charge in [0.2, 0.25) is 15.9 Å². The van der Waals surface area contributed by atoms with Crippen molar-refractivity contribution in [2.45, 2.75) is 92.9 Å². The highest BCUT2D eigenvalue weighted by atomic mass is 35.5. The number of sulfonamides is 1. The third-order valence-electron chi connectivity index (χ3n) is 12.3. The Hall–Kier alpha value is -5.57. The van der Waals surface area contributed by atoms with Gasteiger partial charge in [-0.3, -0.25) is 23.6 Å². The molecule has 0 radical (unpaired) electrons. The highest BCUT2D eigenvalue weighted by molar-refractivity contribution is 7.93. The summed E-state index contributed by atoms with van der Waals surface area (Å²) in [6.45, 7) is -1.17. The third kappa shape index (κ3) is 6.92. The molecule has 10 rings (SSSR count). The van der Waals surface area contributed by atoms with Crippen molar-refractivity contribution in [3.63, 3.8) is 0 Å². The maximum absolute atomic E-state index is 16.2. The second-order valence-corrected chi connectivity index (χ2v) is 19.0. The molecule has 3 N–H and O–H groups in total. The van der Waals surface area contributed by atoms with Gasteiger partial charge in [-0.25, -0.2) is 44.4 Å². The topological polar surface area (TPSA) is 160 Å². The van der Waals surface area contributed by atoms with Gasteiger partial charge in [0.25, 0.3) is 24.3 Å². The molecule has 12 nitrogen and oxygen atoms in total. The molecular formula is C41H33ClF8N8O4S. The molecule has 330 valence electrons. The Bertz CT molecular complexity index is 3080. The summed E-state index contributed by atoms with van der Waals surface area (Å²) < 4.78 is 151. The van der Waals surface area contributed by atoms with Crippen LogP contribution in [0.3, 0.4) is 0 Å². The lowest BCUT2D eigenvalue weighted by atomic mass is 9.89. The van der Waals surface area contributed by atoms with Gasteiger partial charge in [0.1, 0.15) is 41.4 Å². The maximum atomic E-state index is 16.2. The number of benzene rings is 3. The number of nitrogens with zero attached hydrogens (tertiary/aromatic N) is 6. The van der Waals surface area contributed by atoms with Crippen LogP contribution in [0.4, 0.5) is 40.9 Å². The Balaban J connectivity index is 1.30. The minimum absolute atomic E-state index is 0.00371. The second-order valence-electron chi connectivity index (χ2n) is 16.6. The summed E-state index contributed by atoms with van der Waals surface area (Å²) in [7, 11) is -4.11. The lowest BCUT2D eigenvalue weighted by Gasteiger charge is -2.30. The Kier molecular flexibility index (Phi) is 9.52. The van der Waals surface area contributed by atoms with E-state index in [1.54, 1.807) is 12.1 Å². The van der Waals surface area contributed by atoms with Crippen LogP contribution in [-0.4, -0.2) is 55.1 Å². The molecule has 63 heavy (non-hydrogen) atoms. The number of anilines is 1. The smallest absolute Gasteiger partial charge is 0.293 e. The van der Waals surface area contributed by atoms with Crippen LogP contribution in [0.15, 0.2) is 53.3 Å². The molecule has 3 fully saturated rings. The van der Waals surface area contributed by atoms with Crippen molar-refractivity contribution in [1.82, 2.24) is 29.1 Å². The summed E-state index contributed by atoms with van der Waals surface area (Å²) in [6, 6.07) is 7.18. The van der Waals surface area contributed by atoms with Gasteiger partial charge in [0, 0.05) is 17.5 Å². The average Bonchev–Trinajstić information content (AvgIpc) is 4.09. The number of alkyl halides is 6. The van der Waals surface area contributed by atoms with Gasteiger partial charge in [-0.2, -0.15) is 19.0 Å². The first-order chi connectivity index (χ1) is 29.8. The Labute approximate surface area is 356 Å². The first kappa shape index (κ1) is 41.4. The summed E-state index contributed by atoms with van der Waals surface area (Å²) >= 11 is 6.66. The number of primary amides is 1. The lowest BCUT2D eigenvalue weighted by molar-refractivity contribution is -0.122. The van der Waals surface area contributed by atoms with Gasteiger partial charge in [0.15, 0.2) is 5.82 Å². The summed E-state index contributed by atoms with van der Waals surface area (Å²) in [5.41, 5.74) is 2.49. The number of carbonyl (C=O) groups is 1.